The summed E-state index contributed by atoms with van der Waals surface area (Å²) in [5, 5.41) is 5.02. The predicted octanol–water partition coefficient (Wildman–Crippen LogP) is 3.13. The van der Waals surface area contributed by atoms with Gasteiger partial charge in [-0.1, -0.05) is 12.1 Å². The largest absolute Gasteiger partial charge is 0.573 e. The highest BCUT2D eigenvalue weighted by Gasteiger charge is 2.30. The number of amidine groups is 1. The number of nitrogens with one attached hydrogen (secondary N) is 1. The van der Waals surface area contributed by atoms with Gasteiger partial charge in [0.25, 0.3) is 0 Å². The van der Waals surface area contributed by atoms with E-state index in [2.05, 4.69) is 24.5 Å². The highest BCUT2D eigenvalue weighted by Crippen LogP contribution is 2.23. The van der Waals surface area contributed by atoms with Crippen molar-refractivity contribution in [2.45, 2.75) is 13.3 Å². The predicted molar refractivity (Wildman–Crippen MR) is 88.0 cm³/mol. The molecule has 23 heavy (non-hydrogen) atoms. The van der Waals surface area contributed by atoms with Crippen LogP contribution in [-0.4, -0.2) is 12.2 Å². The summed E-state index contributed by atoms with van der Waals surface area (Å²) in [5.74, 6) is -0.0319. The summed E-state index contributed by atoms with van der Waals surface area (Å²) in [6.07, 6.45) is -4.71. The van der Waals surface area contributed by atoms with Gasteiger partial charge >= 0.3 is 6.36 Å². The van der Waals surface area contributed by atoms with E-state index in [1.807, 2.05) is 25.1 Å². The summed E-state index contributed by atoms with van der Waals surface area (Å²) in [6, 6.07) is 10.8. The lowest BCUT2D eigenvalue weighted by Gasteiger charge is -2.09. The molecule has 0 fully saturated rings. The fraction of sp³-hybridized carbons (Fsp3) is 0.133. The van der Waals surface area contributed by atoms with Gasteiger partial charge in [0.15, 0.2) is 5.84 Å². The number of hydrazone groups is 1. The van der Waals surface area contributed by atoms with Crippen LogP contribution in [0.4, 0.5) is 18.9 Å². The van der Waals surface area contributed by atoms with Gasteiger partial charge in [-0.15, -0.1) is 22.4 Å². The standard InChI is InChI=1S/C15H15F3N3OP/c1-9-2-3-10(8-13(9)23)14(19)21-20-11-4-6-12(7-5-11)22-15(16,17)18/h2-8,20H,23H2,1H3,(H2,19,21). The number of hydrogen-bond donors (Lipinski definition) is 2. The third-order valence-electron chi connectivity index (χ3n) is 2.97. The second-order valence-corrected chi connectivity index (χ2v) is 5.37. The first-order valence-corrected chi connectivity index (χ1v) is 7.14. The van der Waals surface area contributed by atoms with Gasteiger partial charge in [-0.05, 0) is 48.1 Å². The quantitative estimate of drug-likeness (QED) is 0.389. The third-order valence-corrected chi connectivity index (χ3v) is 3.59. The Morgan fingerprint density at radius 3 is 2.39 bits per heavy atom. The maximum absolute atomic E-state index is 12.1. The number of nitrogens with zero attached hydrogens (tertiary/aromatic N) is 1. The van der Waals surface area contributed by atoms with Crippen LogP contribution in [0.25, 0.3) is 0 Å². The maximum Gasteiger partial charge on any atom is 0.573 e. The number of aryl methyl sites for hydroxylation is 1. The minimum absolute atomic E-state index is 0.268. The Morgan fingerprint density at radius 1 is 1.17 bits per heavy atom. The summed E-state index contributed by atoms with van der Waals surface area (Å²) in [4.78, 5) is 0. The van der Waals surface area contributed by atoms with E-state index >= 15 is 0 Å². The van der Waals surface area contributed by atoms with Crippen molar-refractivity contribution in [3.8, 4) is 5.75 Å². The molecule has 1 unspecified atom stereocenters. The number of halogens is 3. The van der Waals surface area contributed by atoms with Crippen molar-refractivity contribution in [1.29, 1.82) is 0 Å². The van der Waals surface area contributed by atoms with Crippen LogP contribution in [0.1, 0.15) is 11.1 Å². The lowest BCUT2D eigenvalue weighted by atomic mass is 10.1. The number of nitrogens with two attached hydrogens (primary N) is 1. The molecular weight excluding hydrogens is 326 g/mol. The average Bonchev–Trinajstić information content (AvgIpc) is 2.47. The SMILES string of the molecule is Cc1ccc(/C(N)=N/Nc2ccc(OC(F)(F)F)cc2)cc1P. The zero-order valence-corrected chi connectivity index (χ0v) is 13.3. The lowest BCUT2D eigenvalue weighted by Crippen LogP contribution is -2.17. The Morgan fingerprint density at radius 2 is 1.83 bits per heavy atom. The molecule has 8 heteroatoms. The topological polar surface area (TPSA) is 59.6 Å². The smallest absolute Gasteiger partial charge is 0.406 e. The first-order chi connectivity index (χ1) is 10.7. The van der Waals surface area contributed by atoms with E-state index in [9.17, 15) is 13.2 Å². The molecule has 0 aromatic heterocycles. The van der Waals surface area contributed by atoms with Crippen molar-refractivity contribution < 1.29 is 17.9 Å². The van der Waals surface area contributed by atoms with Gasteiger partial charge in [0.2, 0.25) is 0 Å². The van der Waals surface area contributed by atoms with E-state index in [0.29, 0.717) is 5.69 Å². The van der Waals surface area contributed by atoms with Crippen LogP contribution in [0.5, 0.6) is 5.75 Å². The molecule has 0 saturated carbocycles. The molecule has 1 atom stereocenters. The van der Waals surface area contributed by atoms with Crippen LogP contribution in [0.2, 0.25) is 0 Å². The number of ether oxygens (including phenoxy) is 1. The van der Waals surface area contributed by atoms with Gasteiger partial charge < -0.3 is 10.5 Å². The van der Waals surface area contributed by atoms with Crippen LogP contribution in [0.3, 0.4) is 0 Å². The molecule has 0 aliphatic rings. The van der Waals surface area contributed by atoms with Crippen molar-refractivity contribution in [3.63, 3.8) is 0 Å². The lowest BCUT2D eigenvalue weighted by molar-refractivity contribution is -0.274. The van der Waals surface area contributed by atoms with Gasteiger partial charge in [-0.2, -0.15) is 5.10 Å². The van der Waals surface area contributed by atoms with Crippen LogP contribution in [-0.2, 0) is 0 Å². The Hall–Kier alpha value is -2.27. The average molecular weight is 341 g/mol. The maximum atomic E-state index is 12.1. The van der Waals surface area contributed by atoms with E-state index in [0.717, 1.165) is 16.4 Å². The molecule has 0 amide bonds. The molecule has 122 valence electrons. The molecule has 0 aliphatic carbocycles. The number of benzene rings is 2. The van der Waals surface area contributed by atoms with Crippen LogP contribution >= 0.6 is 9.24 Å². The molecule has 2 aromatic rings. The molecule has 4 nitrogen and oxygen atoms in total. The molecule has 0 saturated heterocycles. The number of anilines is 1. The Kier molecular flexibility index (Phi) is 5.11. The Labute approximate surface area is 133 Å². The second kappa shape index (κ2) is 6.87. The Bertz CT molecular complexity index is 715. The van der Waals surface area contributed by atoms with Gasteiger partial charge in [0.1, 0.15) is 5.75 Å². The summed E-state index contributed by atoms with van der Waals surface area (Å²) in [5.41, 5.74) is 10.9. The molecule has 2 rings (SSSR count). The van der Waals surface area contributed by atoms with Crippen molar-refractivity contribution in [2.75, 3.05) is 5.43 Å². The highest BCUT2D eigenvalue weighted by molar-refractivity contribution is 7.27. The van der Waals surface area contributed by atoms with Crippen molar-refractivity contribution in [1.82, 2.24) is 0 Å². The molecule has 3 N–H and O–H groups in total. The monoisotopic (exact) mass is 341 g/mol. The van der Waals surface area contributed by atoms with Crippen molar-refractivity contribution in [3.05, 3.63) is 53.6 Å². The van der Waals surface area contributed by atoms with Crippen molar-refractivity contribution >= 4 is 26.1 Å². The van der Waals surface area contributed by atoms with Crippen LogP contribution in [0, 0.1) is 6.92 Å². The molecular formula is C15H15F3N3OP. The van der Waals surface area contributed by atoms with Gasteiger partial charge in [0, 0.05) is 5.56 Å². The van der Waals surface area contributed by atoms with Crippen LogP contribution in [0.15, 0.2) is 47.6 Å². The van der Waals surface area contributed by atoms with E-state index in [-0.39, 0.29) is 11.6 Å². The minimum atomic E-state index is -4.71. The fourth-order valence-corrected chi connectivity index (χ4v) is 2.00. The molecule has 0 bridgehead atoms. The summed E-state index contributed by atoms with van der Waals surface area (Å²) >= 11 is 0. The summed E-state index contributed by atoms with van der Waals surface area (Å²) in [7, 11) is 2.61. The number of alkyl halides is 3. The molecule has 0 heterocycles. The summed E-state index contributed by atoms with van der Waals surface area (Å²) in [6.45, 7) is 1.97. The van der Waals surface area contributed by atoms with E-state index in [1.165, 1.54) is 24.3 Å². The molecule has 2 aromatic carbocycles. The molecule has 0 radical (unpaired) electrons. The second-order valence-electron chi connectivity index (χ2n) is 4.75. The van der Waals surface area contributed by atoms with E-state index in [1.54, 1.807) is 0 Å². The fourth-order valence-electron chi connectivity index (χ4n) is 1.72. The van der Waals surface area contributed by atoms with Crippen molar-refractivity contribution in [2.24, 2.45) is 10.8 Å². The van der Waals surface area contributed by atoms with E-state index < -0.39 is 6.36 Å². The van der Waals surface area contributed by atoms with Gasteiger partial charge in [-0.3, -0.25) is 5.43 Å². The zero-order valence-electron chi connectivity index (χ0n) is 12.2. The molecule has 0 spiro atoms. The third kappa shape index (κ3) is 5.14. The Balaban J connectivity index is 2.05. The first-order valence-electron chi connectivity index (χ1n) is 6.56. The highest BCUT2D eigenvalue weighted by atomic mass is 31.0. The van der Waals surface area contributed by atoms with Crippen LogP contribution < -0.4 is 21.2 Å². The number of hydrogen-bond acceptors (Lipinski definition) is 3. The van der Waals surface area contributed by atoms with Gasteiger partial charge in [0.05, 0.1) is 5.69 Å². The normalized spacial score (nSPS) is 12.1. The van der Waals surface area contributed by atoms with E-state index in [4.69, 9.17) is 5.73 Å². The molecule has 0 aliphatic heterocycles. The minimum Gasteiger partial charge on any atom is -0.406 e. The van der Waals surface area contributed by atoms with Gasteiger partial charge in [-0.25, -0.2) is 0 Å². The summed E-state index contributed by atoms with van der Waals surface area (Å²) < 4.78 is 40.0. The first kappa shape index (κ1) is 17.1. The number of rotatable bonds is 4. The zero-order chi connectivity index (χ0) is 17.0.